The van der Waals surface area contributed by atoms with Gasteiger partial charge in [-0.3, -0.25) is 0 Å². The van der Waals surface area contributed by atoms with Crippen molar-refractivity contribution in [3.8, 4) is 12.3 Å². The van der Waals surface area contributed by atoms with E-state index in [2.05, 4.69) is 47.1 Å². The average molecular weight is 226 g/mol. The summed E-state index contributed by atoms with van der Waals surface area (Å²) in [6.45, 7) is 20.2. The lowest BCUT2D eigenvalue weighted by Gasteiger charge is -1.90. The number of unbranched alkanes of at least 4 members (excludes halogenated alkanes) is 1. The van der Waals surface area contributed by atoms with Crippen molar-refractivity contribution in [2.75, 3.05) is 0 Å². The highest BCUT2D eigenvalue weighted by Gasteiger charge is 1.80. The van der Waals surface area contributed by atoms with Gasteiger partial charge in [0.25, 0.3) is 0 Å². The first kappa shape index (κ1) is 24.5. The molecule has 0 amide bonds. The van der Waals surface area contributed by atoms with Gasteiger partial charge >= 0.3 is 0 Å². The zero-order valence-electron chi connectivity index (χ0n) is 13.0. The van der Waals surface area contributed by atoms with Gasteiger partial charge in [-0.15, -0.1) is 6.42 Å². The molecule has 0 spiro atoms. The standard InChI is InChI=1S/C5H12.C5H6.C4H10.C2H6/c2*1-4-5(2)3;1-3-4-2;1-2/h5H,4H2,1-3H3;1H,2H2,3H3;3-4H2,1-2H3;1-2H3. The first-order valence-corrected chi connectivity index (χ1v) is 6.58. The average Bonchev–Trinajstić information content (AvgIpc) is 2.32. The molecule has 0 radical (unpaired) electrons. The topological polar surface area (TPSA) is 0 Å². The summed E-state index contributed by atoms with van der Waals surface area (Å²) >= 11 is 0. The highest BCUT2D eigenvalue weighted by atomic mass is 13.9. The smallest absolute Gasteiger partial charge is 0.00853 e. The van der Waals surface area contributed by atoms with Crippen LogP contribution < -0.4 is 0 Å². The molecule has 0 aliphatic rings. The van der Waals surface area contributed by atoms with Gasteiger partial charge in [-0.2, -0.15) is 0 Å². The molecular weight excluding hydrogens is 192 g/mol. The van der Waals surface area contributed by atoms with E-state index >= 15 is 0 Å². The van der Waals surface area contributed by atoms with Gasteiger partial charge in [-0.1, -0.05) is 80.2 Å². The van der Waals surface area contributed by atoms with Crippen LogP contribution in [0.15, 0.2) is 12.2 Å². The third-order valence-electron chi connectivity index (χ3n) is 1.56. The minimum absolute atomic E-state index is 0.782. The second kappa shape index (κ2) is 29.2. The Kier molecular flexibility index (Phi) is 44.8. The second-order valence-corrected chi connectivity index (χ2v) is 3.73. The Morgan fingerprint density at radius 2 is 1.31 bits per heavy atom. The van der Waals surface area contributed by atoms with E-state index in [9.17, 15) is 0 Å². The number of terminal acetylenes is 1. The summed E-state index contributed by atoms with van der Waals surface area (Å²) in [6.07, 6.45) is 8.77. The van der Waals surface area contributed by atoms with E-state index in [1.54, 1.807) is 6.92 Å². The molecule has 0 saturated carbocycles. The van der Waals surface area contributed by atoms with Gasteiger partial charge in [0.1, 0.15) is 0 Å². The van der Waals surface area contributed by atoms with Crippen LogP contribution in [0.1, 0.15) is 74.7 Å². The maximum atomic E-state index is 4.82. The molecule has 0 heteroatoms. The number of allylic oxidation sites excluding steroid dienone is 1. The summed E-state index contributed by atoms with van der Waals surface area (Å²) in [7, 11) is 0. The predicted octanol–water partition coefficient (Wildman–Crippen LogP) is 6.08. The van der Waals surface area contributed by atoms with E-state index in [1.807, 2.05) is 13.8 Å². The first-order chi connectivity index (χ1) is 7.45. The van der Waals surface area contributed by atoms with E-state index in [0.717, 1.165) is 11.5 Å². The van der Waals surface area contributed by atoms with Gasteiger partial charge in [0, 0.05) is 0 Å². The Labute approximate surface area is 106 Å². The fourth-order valence-electron chi connectivity index (χ4n) is 0. The zero-order chi connectivity index (χ0) is 14.0. The van der Waals surface area contributed by atoms with E-state index in [-0.39, 0.29) is 0 Å². The van der Waals surface area contributed by atoms with Crippen molar-refractivity contribution >= 4 is 0 Å². The number of rotatable bonds is 2. The molecule has 98 valence electrons. The van der Waals surface area contributed by atoms with Crippen LogP contribution in [0.2, 0.25) is 0 Å². The minimum atomic E-state index is 0.782. The van der Waals surface area contributed by atoms with Crippen molar-refractivity contribution < 1.29 is 0 Å². The highest BCUT2D eigenvalue weighted by Crippen LogP contribution is 1.93. The highest BCUT2D eigenvalue weighted by molar-refractivity contribution is 5.17. The molecule has 0 aromatic heterocycles. The van der Waals surface area contributed by atoms with Crippen molar-refractivity contribution in [1.82, 2.24) is 0 Å². The SMILES string of the molecule is C#CC(=C)C.CC.CCC(C)C.CCCC. The van der Waals surface area contributed by atoms with Crippen molar-refractivity contribution in [2.24, 2.45) is 5.92 Å². The summed E-state index contributed by atoms with van der Waals surface area (Å²) in [4.78, 5) is 0. The van der Waals surface area contributed by atoms with Gasteiger partial charge in [0.15, 0.2) is 0 Å². The predicted molar refractivity (Wildman–Crippen MR) is 80.7 cm³/mol. The summed E-state index contributed by atoms with van der Waals surface area (Å²) in [5, 5.41) is 0. The fourth-order valence-corrected chi connectivity index (χ4v) is 0. The Bertz CT molecular complexity index is 133. The van der Waals surface area contributed by atoms with Crippen molar-refractivity contribution in [3.63, 3.8) is 0 Å². The number of hydrogen-bond acceptors (Lipinski definition) is 0. The summed E-state index contributed by atoms with van der Waals surface area (Å²) < 4.78 is 0. The van der Waals surface area contributed by atoms with Gasteiger partial charge in [-0.25, -0.2) is 0 Å². The van der Waals surface area contributed by atoms with Crippen molar-refractivity contribution in [1.29, 1.82) is 0 Å². The minimum Gasteiger partial charge on any atom is -0.115 e. The van der Waals surface area contributed by atoms with Gasteiger partial charge in [0.2, 0.25) is 0 Å². The van der Waals surface area contributed by atoms with Gasteiger partial charge < -0.3 is 0 Å². The molecule has 0 fully saturated rings. The quantitative estimate of drug-likeness (QED) is 0.500. The molecule has 0 rings (SSSR count). The normalized spacial score (nSPS) is 7.00. The summed E-state index contributed by atoms with van der Waals surface area (Å²) in [5.41, 5.74) is 0.782. The van der Waals surface area contributed by atoms with Crippen LogP contribution in [0, 0.1) is 18.3 Å². The second-order valence-electron chi connectivity index (χ2n) is 3.73. The third-order valence-corrected chi connectivity index (χ3v) is 1.56. The van der Waals surface area contributed by atoms with Gasteiger partial charge in [-0.05, 0) is 18.4 Å². The van der Waals surface area contributed by atoms with Crippen LogP contribution in [-0.2, 0) is 0 Å². The largest absolute Gasteiger partial charge is 0.115 e. The Morgan fingerprint density at radius 3 is 1.31 bits per heavy atom. The monoisotopic (exact) mass is 226 g/mol. The van der Waals surface area contributed by atoms with Crippen LogP contribution in [0.5, 0.6) is 0 Å². The molecule has 0 aliphatic heterocycles. The molecular formula is C16H34. The lowest BCUT2D eigenvalue weighted by Crippen LogP contribution is -1.77. The Balaban J connectivity index is -0.0000000629. The Morgan fingerprint density at radius 1 is 1.12 bits per heavy atom. The molecule has 16 heavy (non-hydrogen) atoms. The van der Waals surface area contributed by atoms with E-state index < -0.39 is 0 Å². The molecule has 0 atom stereocenters. The lowest BCUT2D eigenvalue weighted by molar-refractivity contribution is 0.626. The van der Waals surface area contributed by atoms with Crippen molar-refractivity contribution in [2.45, 2.75) is 74.7 Å². The van der Waals surface area contributed by atoms with Crippen LogP contribution >= 0.6 is 0 Å². The third kappa shape index (κ3) is 109. The van der Waals surface area contributed by atoms with Crippen LogP contribution in [0.25, 0.3) is 0 Å². The molecule has 0 N–H and O–H groups in total. The van der Waals surface area contributed by atoms with Crippen LogP contribution in [0.3, 0.4) is 0 Å². The first-order valence-electron chi connectivity index (χ1n) is 6.58. The van der Waals surface area contributed by atoms with E-state index in [4.69, 9.17) is 6.42 Å². The van der Waals surface area contributed by atoms with E-state index in [1.165, 1.54) is 19.3 Å². The van der Waals surface area contributed by atoms with E-state index in [0.29, 0.717) is 0 Å². The summed E-state index contributed by atoms with van der Waals surface area (Å²) in [5.74, 6) is 3.22. The summed E-state index contributed by atoms with van der Waals surface area (Å²) in [6, 6.07) is 0. The maximum absolute atomic E-state index is 4.82. The molecule has 0 unspecified atom stereocenters. The number of hydrogen-bond donors (Lipinski definition) is 0. The lowest BCUT2D eigenvalue weighted by atomic mass is 10.2. The molecule has 0 aromatic rings. The zero-order valence-corrected chi connectivity index (χ0v) is 13.0. The van der Waals surface area contributed by atoms with Crippen molar-refractivity contribution in [3.05, 3.63) is 12.2 Å². The molecule has 0 nitrogen and oxygen atoms in total. The Hall–Kier alpha value is -0.700. The molecule has 0 bridgehead atoms. The van der Waals surface area contributed by atoms with Gasteiger partial charge in [0.05, 0.1) is 0 Å². The maximum Gasteiger partial charge on any atom is -0.00853 e. The van der Waals surface area contributed by atoms with Crippen LogP contribution in [-0.4, -0.2) is 0 Å². The molecule has 0 aliphatic carbocycles. The molecule has 0 aromatic carbocycles. The fraction of sp³-hybridized carbons (Fsp3) is 0.750. The molecule has 0 heterocycles. The molecule has 0 saturated heterocycles. The van der Waals surface area contributed by atoms with Crippen LogP contribution in [0.4, 0.5) is 0 Å².